The SMILES string of the molecule is Cc1cccnc1C(N)CC1OCCc2ccccc21. The van der Waals surface area contributed by atoms with E-state index in [9.17, 15) is 0 Å². The molecule has 0 aliphatic carbocycles. The Kier molecular flexibility index (Phi) is 3.81. The minimum absolute atomic E-state index is 0.0800. The Bertz CT molecular complexity index is 597. The number of nitrogens with two attached hydrogens (primary N) is 1. The fourth-order valence-corrected chi connectivity index (χ4v) is 2.90. The number of rotatable bonds is 3. The topological polar surface area (TPSA) is 48.1 Å². The van der Waals surface area contributed by atoms with E-state index in [4.69, 9.17) is 10.5 Å². The minimum Gasteiger partial charge on any atom is -0.373 e. The number of fused-ring (bicyclic) bond motifs is 1. The second-order valence-corrected chi connectivity index (χ2v) is 5.36. The van der Waals surface area contributed by atoms with Crippen molar-refractivity contribution in [3.05, 3.63) is 65.0 Å². The summed E-state index contributed by atoms with van der Waals surface area (Å²) in [6.45, 7) is 2.83. The Morgan fingerprint density at radius 2 is 2.15 bits per heavy atom. The van der Waals surface area contributed by atoms with Crippen LogP contribution in [0.25, 0.3) is 0 Å². The average molecular weight is 268 g/mol. The highest BCUT2D eigenvalue weighted by atomic mass is 16.5. The summed E-state index contributed by atoms with van der Waals surface area (Å²) in [6, 6.07) is 12.4. The van der Waals surface area contributed by atoms with Gasteiger partial charge in [-0.3, -0.25) is 4.98 Å². The van der Waals surface area contributed by atoms with E-state index in [-0.39, 0.29) is 12.1 Å². The number of hydrogen-bond donors (Lipinski definition) is 1. The van der Waals surface area contributed by atoms with E-state index < -0.39 is 0 Å². The second-order valence-electron chi connectivity index (χ2n) is 5.36. The van der Waals surface area contributed by atoms with E-state index in [0.29, 0.717) is 0 Å². The van der Waals surface area contributed by atoms with Crippen LogP contribution in [0.3, 0.4) is 0 Å². The Hall–Kier alpha value is -1.71. The molecule has 1 aromatic heterocycles. The molecule has 3 nitrogen and oxygen atoms in total. The second kappa shape index (κ2) is 5.73. The Morgan fingerprint density at radius 1 is 1.30 bits per heavy atom. The van der Waals surface area contributed by atoms with Crippen LogP contribution in [0.5, 0.6) is 0 Å². The van der Waals surface area contributed by atoms with Crippen molar-refractivity contribution in [2.75, 3.05) is 6.61 Å². The van der Waals surface area contributed by atoms with Gasteiger partial charge in [0.05, 0.1) is 24.4 Å². The molecule has 1 aliphatic heterocycles. The maximum atomic E-state index is 6.34. The van der Waals surface area contributed by atoms with Gasteiger partial charge in [0, 0.05) is 6.20 Å². The van der Waals surface area contributed by atoms with Gasteiger partial charge in [0.15, 0.2) is 0 Å². The molecule has 0 saturated carbocycles. The van der Waals surface area contributed by atoms with Crippen molar-refractivity contribution in [2.24, 2.45) is 5.73 Å². The molecule has 3 heteroatoms. The van der Waals surface area contributed by atoms with Crippen LogP contribution in [0.2, 0.25) is 0 Å². The van der Waals surface area contributed by atoms with Gasteiger partial charge in [0.1, 0.15) is 0 Å². The molecule has 1 aromatic carbocycles. The summed E-state index contributed by atoms with van der Waals surface area (Å²) in [5.74, 6) is 0. The molecule has 104 valence electrons. The molecule has 1 aliphatic rings. The summed E-state index contributed by atoms with van der Waals surface area (Å²) in [5.41, 5.74) is 11.1. The lowest BCUT2D eigenvalue weighted by Crippen LogP contribution is -2.22. The third-order valence-corrected chi connectivity index (χ3v) is 3.96. The van der Waals surface area contributed by atoms with Crippen LogP contribution in [0.1, 0.15) is 41.0 Å². The van der Waals surface area contributed by atoms with Gasteiger partial charge in [-0.15, -0.1) is 0 Å². The standard InChI is InChI=1S/C17H20N2O/c1-12-5-4-9-19-17(12)15(18)11-16-14-7-3-2-6-13(14)8-10-20-16/h2-7,9,15-16H,8,10-11,18H2,1H3. The molecular weight excluding hydrogens is 248 g/mol. The first-order valence-corrected chi connectivity index (χ1v) is 7.12. The van der Waals surface area contributed by atoms with Crippen LogP contribution in [0.15, 0.2) is 42.6 Å². The molecule has 0 bridgehead atoms. The smallest absolute Gasteiger partial charge is 0.0846 e. The molecule has 2 aromatic rings. The van der Waals surface area contributed by atoms with Crippen molar-refractivity contribution in [3.8, 4) is 0 Å². The van der Waals surface area contributed by atoms with E-state index >= 15 is 0 Å². The fraction of sp³-hybridized carbons (Fsp3) is 0.353. The molecule has 2 atom stereocenters. The zero-order chi connectivity index (χ0) is 13.9. The lowest BCUT2D eigenvalue weighted by atomic mass is 9.92. The summed E-state index contributed by atoms with van der Waals surface area (Å²) in [7, 11) is 0. The molecule has 2 heterocycles. The molecule has 0 radical (unpaired) electrons. The van der Waals surface area contributed by atoms with Crippen LogP contribution in [0.4, 0.5) is 0 Å². The van der Waals surface area contributed by atoms with Crippen molar-refractivity contribution in [1.29, 1.82) is 0 Å². The van der Waals surface area contributed by atoms with E-state index in [2.05, 4.69) is 42.2 Å². The zero-order valence-electron chi connectivity index (χ0n) is 11.8. The number of ether oxygens (including phenoxy) is 1. The number of pyridine rings is 1. The maximum absolute atomic E-state index is 6.34. The molecule has 0 saturated heterocycles. The van der Waals surface area contributed by atoms with E-state index in [1.807, 2.05) is 6.07 Å². The molecule has 0 spiro atoms. The number of nitrogens with zero attached hydrogens (tertiary/aromatic N) is 1. The van der Waals surface area contributed by atoms with E-state index in [1.165, 1.54) is 11.1 Å². The van der Waals surface area contributed by atoms with Crippen LogP contribution >= 0.6 is 0 Å². The lowest BCUT2D eigenvalue weighted by Gasteiger charge is -2.28. The van der Waals surface area contributed by atoms with Crippen LogP contribution < -0.4 is 5.73 Å². The molecule has 3 rings (SSSR count). The highest BCUT2D eigenvalue weighted by Crippen LogP contribution is 2.33. The van der Waals surface area contributed by atoms with Crippen molar-refractivity contribution >= 4 is 0 Å². The number of aryl methyl sites for hydroxylation is 1. The summed E-state index contributed by atoms with van der Waals surface area (Å²) in [6.07, 6.45) is 3.65. The highest BCUT2D eigenvalue weighted by molar-refractivity contribution is 5.31. The first kappa shape index (κ1) is 13.3. The first-order chi connectivity index (χ1) is 9.75. The van der Waals surface area contributed by atoms with Gasteiger partial charge in [-0.25, -0.2) is 0 Å². The van der Waals surface area contributed by atoms with Crippen LogP contribution in [-0.4, -0.2) is 11.6 Å². The van der Waals surface area contributed by atoms with Crippen LogP contribution in [-0.2, 0) is 11.2 Å². The quantitative estimate of drug-likeness (QED) is 0.930. The van der Waals surface area contributed by atoms with Crippen molar-refractivity contribution in [2.45, 2.75) is 31.9 Å². The summed E-state index contributed by atoms with van der Waals surface area (Å²) >= 11 is 0. The van der Waals surface area contributed by atoms with Gasteiger partial charge in [0.25, 0.3) is 0 Å². The number of aromatic nitrogens is 1. The summed E-state index contributed by atoms with van der Waals surface area (Å²) in [4.78, 5) is 4.42. The summed E-state index contributed by atoms with van der Waals surface area (Å²) < 4.78 is 5.93. The highest BCUT2D eigenvalue weighted by Gasteiger charge is 2.24. The molecule has 20 heavy (non-hydrogen) atoms. The number of benzene rings is 1. The fourth-order valence-electron chi connectivity index (χ4n) is 2.90. The first-order valence-electron chi connectivity index (χ1n) is 7.12. The largest absolute Gasteiger partial charge is 0.373 e. The van der Waals surface area contributed by atoms with E-state index in [1.54, 1.807) is 6.20 Å². The Labute approximate surface area is 119 Å². The molecular formula is C17H20N2O. The minimum atomic E-state index is -0.0904. The molecule has 0 amide bonds. The summed E-state index contributed by atoms with van der Waals surface area (Å²) in [5, 5.41) is 0. The predicted octanol–water partition coefficient (Wildman–Crippen LogP) is 3.09. The Morgan fingerprint density at radius 3 is 3.00 bits per heavy atom. The van der Waals surface area contributed by atoms with Crippen molar-refractivity contribution < 1.29 is 4.74 Å². The number of hydrogen-bond acceptors (Lipinski definition) is 3. The third kappa shape index (κ3) is 2.60. The monoisotopic (exact) mass is 268 g/mol. The lowest BCUT2D eigenvalue weighted by molar-refractivity contribution is 0.0317. The van der Waals surface area contributed by atoms with Gasteiger partial charge in [-0.05, 0) is 42.5 Å². The van der Waals surface area contributed by atoms with Gasteiger partial charge in [0.2, 0.25) is 0 Å². The molecule has 2 N–H and O–H groups in total. The van der Waals surface area contributed by atoms with Crippen molar-refractivity contribution in [3.63, 3.8) is 0 Å². The zero-order valence-corrected chi connectivity index (χ0v) is 11.8. The third-order valence-electron chi connectivity index (χ3n) is 3.96. The Balaban J connectivity index is 1.81. The van der Waals surface area contributed by atoms with Gasteiger partial charge >= 0.3 is 0 Å². The molecule has 0 fully saturated rings. The van der Waals surface area contributed by atoms with Gasteiger partial charge in [-0.2, -0.15) is 0 Å². The predicted molar refractivity (Wildman–Crippen MR) is 79.4 cm³/mol. The van der Waals surface area contributed by atoms with Crippen molar-refractivity contribution in [1.82, 2.24) is 4.98 Å². The normalized spacial score (nSPS) is 19.4. The van der Waals surface area contributed by atoms with Gasteiger partial charge in [-0.1, -0.05) is 30.3 Å². The van der Waals surface area contributed by atoms with E-state index in [0.717, 1.165) is 30.7 Å². The maximum Gasteiger partial charge on any atom is 0.0846 e. The van der Waals surface area contributed by atoms with Crippen LogP contribution in [0, 0.1) is 6.92 Å². The average Bonchev–Trinajstić information content (AvgIpc) is 2.48. The van der Waals surface area contributed by atoms with Gasteiger partial charge < -0.3 is 10.5 Å². The molecule has 2 unspecified atom stereocenters.